The van der Waals surface area contributed by atoms with Crippen molar-refractivity contribution in [3.05, 3.63) is 0 Å². The van der Waals surface area contributed by atoms with Gasteiger partial charge in [-0.15, -0.1) is 0 Å². The van der Waals surface area contributed by atoms with Crippen LogP contribution >= 0.6 is 0 Å². The first-order valence-electron chi connectivity index (χ1n) is 4.79. The van der Waals surface area contributed by atoms with E-state index in [4.69, 9.17) is 0 Å². The van der Waals surface area contributed by atoms with Gasteiger partial charge in [0.05, 0.1) is 0 Å². The second kappa shape index (κ2) is 5.23. The molecule has 0 atom stereocenters. The highest BCUT2D eigenvalue weighted by atomic mass is 19.4. The zero-order valence-electron chi connectivity index (χ0n) is 9.16. The summed E-state index contributed by atoms with van der Waals surface area (Å²) in [7, 11) is 0. The van der Waals surface area contributed by atoms with E-state index in [0.29, 0.717) is 6.42 Å². The second-order valence-corrected chi connectivity index (χ2v) is 4.06. The molecule has 0 saturated heterocycles. The molecule has 0 aliphatic carbocycles. The average molecular weight is 226 g/mol. The molecule has 0 aromatic heterocycles. The Morgan fingerprint density at radius 1 is 1.27 bits per heavy atom. The van der Waals surface area contributed by atoms with Gasteiger partial charge in [0.2, 0.25) is 0 Å². The third kappa shape index (κ3) is 8.08. The van der Waals surface area contributed by atoms with Gasteiger partial charge in [-0.1, -0.05) is 13.3 Å². The molecule has 2 N–H and O–H groups in total. The van der Waals surface area contributed by atoms with E-state index in [-0.39, 0.29) is 0 Å². The lowest BCUT2D eigenvalue weighted by atomic mass is 9.99. The fourth-order valence-electron chi connectivity index (χ4n) is 1.22. The molecule has 90 valence electrons. The third-order valence-electron chi connectivity index (χ3n) is 1.78. The second-order valence-electron chi connectivity index (χ2n) is 4.06. The number of rotatable bonds is 4. The number of hydrogen-bond acceptors (Lipinski definition) is 1. The van der Waals surface area contributed by atoms with E-state index in [1.165, 1.54) is 0 Å². The summed E-state index contributed by atoms with van der Waals surface area (Å²) in [5, 5.41) is 4.24. The number of halogens is 3. The van der Waals surface area contributed by atoms with Crippen LogP contribution in [0.4, 0.5) is 18.0 Å². The van der Waals surface area contributed by atoms with Crippen LogP contribution in [0.25, 0.3) is 0 Å². The zero-order chi connectivity index (χ0) is 12.1. The van der Waals surface area contributed by atoms with Crippen molar-refractivity contribution in [1.29, 1.82) is 0 Å². The van der Waals surface area contributed by atoms with Crippen molar-refractivity contribution in [1.82, 2.24) is 10.6 Å². The van der Waals surface area contributed by atoms with Crippen molar-refractivity contribution in [3.63, 3.8) is 0 Å². The Balaban J connectivity index is 3.93. The van der Waals surface area contributed by atoms with Crippen molar-refractivity contribution >= 4 is 6.03 Å². The van der Waals surface area contributed by atoms with E-state index in [0.717, 1.165) is 6.42 Å². The van der Waals surface area contributed by atoms with E-state index in [1.807, 2.05) is 6.92 Å². The van der Waals surface area contributed by atoms with Gasteiger partial charge in [-0.25, -0.2) is 4.79 Å². The maximum absolute atomic E-state index is 11.8. The van der Waals surface area contributed by atoms with Gasteiger partial charge in [0.15, 0.2) is 0 Å². The molecule has 0 aliphatic rings. The number of carbonyl (C=O) groups excluding carboxylic acids is 1. The van der Waals surface area contributed by atoms with Crippen LogP contribution in [0.5, 0.6) is 0 Å². The number of hydrogen-bond donors (Lipinski definition) is 2. The maximum atomic E-state index is 11.8. The molecule has 0 unspecified atom stereocenters. The first kappa shape index (κ1) is 14.1. The van der Waals surface area contributed by atoms with Crippen LogP contribution in [0.3, 0.4) is 0 Å². The van der Waals surface area contributed by atoms with Gasteiger partial charge in [-0.05, 0) is 20.3 Å². The molecule has 0 rings (SSSR count). The molecule has 2 amide bonds. The van der Waals surface area contributed by atoms with E-state index in [2.05, 4.69) is 5.32 Å². The van der Waals surface area contributed by atoms with Crippen molar-refractivity contribution in [3.8, 4) is 0 Å². The minimum Gasteiger partial charge on any atom is -0.333 e. The quantitative estimate of drug-likeness (QED) is 0.759. The molecule has 0 spiro atoms. The first-order chi connectivity index (χ1) is 6.66. The van der Waals surface area contributed by atoms with E-state index < -0.39 is 24.3 Å². The Morgan fingerprint density at radius 2 is 1.80 bits per heavy atom. The molecule has 0 aromatic carbocycles. The third-order valence-corrected chi connectivity index (χ3v) is 1.78. The molecule has 0 bridgehead atoms. The van der Waals surface area contributed by atoms with Crippen LogP contribution in [-0.4, -0.2) is 24.3 Å². The van der Waals surface area contributed by atoms with Crippen molar-refractivity contribution in [2.24, 2.45) is 0 Å². The molecule has 15 heavy (non-hydrogen) atoms. The molecule has 0 aromatic rings. The van der Waals surface area contributed by atoms with Crippen LogP contribution in [0.1, 0.15) is 33.6 Å². The lowest BCUT2D eigenvalue weighted by Crippen LogP contribution is -2.50. The molecule has 0 heterocycles. The zero-order valence-corrected chi connectivity index (χ0v) is 9.16. The summed E-state index contributed by atoms with van der Waals surface area (Å²) in [6.45, 7) is 4.17. The minimum atomic E-state index is -4.37. The molecule has 0 aliphatic heterocycles. The minimum absolute atomic E-state index is 0.482. The largest absolute Gasteiger partial charge is 0.405 e. The van der Waals surface area contributed by atoms with Crippen LogP contribution in [0.2, 0.25) is 0 Å². The van der Waals surface area contributed by atoms with Gasteiger partial charge < -0.3 is 10.6 Å². The topological polar surface area (TPSA) is 41.1 Å². The van der Waals surface area contributed by atoms with Crippen LogP contribution in [0.15, 0.2) is 0 Å². The smallest absolute Gasteiger partial charge is 0.333 e. The number of nitrogens with one attached hydrogen (secondary N) is 2. The van der Waals surface area contributed by atoms with Gasteiger partial charge in [0, 0.05) is 5.54 Å². The summed E-state index contributed by atoms with van der Waals surface area (Å²) in [4.78, 5) is 11.1. The normalized spacial score (nSPS) is 12.4. The van der Waals surface area contributed by atoms with Gasteiger partial charge in [0.1, 0.15) is 6.54 Å². The predicted molar refractivity (Wildman–Crippen MR) is 51.6 cm³/mol. The van der Waals surface area contributed by atoms with Gasteiger partial charge in [0.25, 0.3) is 0 Å². The Bertz CT molecular complexity index is 214. The molecule has 0 fully saturated rings. The number of amides is 2. The first-order valence-corrected chi connectivity index (χ1v) is 4.79. The summed E-state index contributed by atoms with van der Waals surface area (Å²) in [6, 6.07) is -0.786. The molecule has 6 heteroatoms. The molecule has 0 saturated carbocycles. The highest BCUT2D eigenvalue weighted by Crippen LogP contribution is 2.13. The summed E-state index contributed by atoms with van der Waals surface area (Å²) in [6.07, 6.45) is -2.80. The predicted octanol–water partition coefficient (Wildman–Crippen LogP) is 2.43. The number of urea groups is 1. The van der Waals surface area contributed by atoms with Gasteiger partial charge in [-0.2, -0.15) is 13.2 Å². The lowest BCUT2D eigenvalue weighted by molar-refractivity contribution is -0.122. The summed E-state index contributed by atoms with van der Waals surface area (Å²) >= 11 is 0. The lowest BCUT2D eigenvalue weighted by Gasteiger charge is -2.25. The molecule has 3 nitrogen and oxygen atoms in total. The monoisotopic (exact) mass is 226 g/mol. The summed E-state index contributed by atoms with van der Waals surface area (Å²) < 4.78 is 35.3. The maximum Gasteiger partial charge on any atom is 0.405 e. The standard InChI is InChI=1S/C9H17F3N2O/c1-4-5-8(2,3)14-7(15)13-6-9(10,11)12/h4-6H2,1-3H3,(H2,13,14,15). The van der Waals surface area contributed by atoms with Crippen LogP contribution in [-0.2, 0) is 0 Å². The van der Waals surface area contributed by atoms with E-state index in [9.17, 15) is 18.0 Å². The fraction of sp³-hybridized carbons (Fsp3) is 0.889. The van der Waals surface area contributed by atoms with Gasteiger partial charge in [-0.3, -0.25) is 0 Å². The highest BCUT2D eigenvalue weighted by molar-refractivity contribution is 5.74. The number of carbonyl (C=O) groups is 1. The Labute approximate surface area is 87.4 Å². The van der Waals surface area contributed by atoms with Crippen molar-refractivity contribution in [2.45, 2.75) is 45.3 Å². The molecular formula is C9H17F3N2O. The number of alkyl halides is 3. The van der Waals surface area contributed by atoms with Crippen LogP contribution in [0, 0.1) is 0 Å². The average Bonchev–Trinajstić information content (AvgIpc) is 1.98. The summed E-state index contributed by atoms with van der Waals surface area (Å²) in [5.74, 6) is 0. The van der Waals surface area contributed by atoms with Crippen molar-refractivity contribution in [2.75, 3.05) is 6.54 Å². The van der Waals surface area contributed by atoms with E-state index >= 15 is 0 Å². The van der Waals surface area contributed by atoms with E-state index in [1.54, 1.807) is 19.2 Å². The fourth-order valence-corrected chi connectivity index (χ4v) is 1.22. The Morgan fingerprint density at radius 3 is 2.20 bits per heavy atom. The van der Waals surface area contributed by atoms with Gasteiger partial charge >= 0.3 is 12.2 Å². The Kier molecular flexibility index (Phi) is 4.90. The summed E-state index contributed by atoms with van der Waals surface area (Å²) in [5.41, 5.74) is -0.482. The SMILES string of the molecule is CCCC(C)(C)NC(=O)NCC(F)(F)F. The molecular weight excluding hydrogens is 209 g/mol. The molecule has 0 radical (unpaired) electrons. The van der Waals surface area contributed by atoms with Crippen molar-refractivity contribution < 1.29 is 18.0 Å². The Hall–Kier alpha value is -0.940. The van der Waals surface area contributed by atoms with Crippen LogP contribution < -0.4 is 10.6 Å². The highest BCUT2D eigenvalue weighted by Gasteiger charge is 2.28.